The number of anilines is 2. The molecular weight excluding hydrogens is 745 g/mol. The first kappa shape index (κ1) is 33.8. The van der Waals surface area contributed by atoms with Crippen LogP contribution >= 0.6 is 0 Å². The van der Waals surface area contributed by atoms with Crippen molar-refractivity contribution in [3.05, 3.63) is 144 Å². The molecule has 8 heteroatoms. The normalized spacial score (nSPS) is 11.0. The summed E-state index contributed by atoms with van der Waals surface area (Å²) >= 11 is 0. The fraction of sp³-hybridized carbons (Fsp3) is 0.189. The van der Waals surface area contributed by atoms with Crippen LogP contribution < -0.4 is 4.90 Å². The first-order chi connectivity index (χ1) is 21.3. The summed E-state index contributed by atoms with van der Waals surface area (Å²) in [7, 11) is 0. The number of halogens is 2. The van der Waals surface area contributed by atoms with Crippen molar-refractivity contribution in [3.63, 3.8) is 0 Å². The molecule has 230 valence electrons. The Morgan fingerprint density at radius 1 is 0.667 bits per heavy atom. The molecule has 0 aliphatic rings. The van der Waals surface area contributed by atoms with Crippen molar-refractivity contribution in [2.24, 2.45) is 0 Å². The van der Waals surface area contributed by atoms with Gasteiger partial charge < -0.3 is 20.5 Å². The number of fused-ring (bicyclic) bond motifs is 2. The molecule has 45 heavy (non-hydrogen) atoms. The minimum atomic E-state index is -0.899. The zero-order chi connectivity index (χ0) is 31.1. The third kappa shape index (κ3) is 8.77. The van der Waals surface area contributed by atoms with Gasteiger partial charge in [0.05, 0.1) is 0 Å². The van der Waals surface area contributed by atoms with Crippen LogP contribution in [0.3, 0.4) is 0 Å². The van der Waals surface area contributed by atoms with Gasteiger partial charge in [0.2, 0.25) is 0 Å². The van der Waals surface area contributed by atoms with Gasteiger partial charge in [-0.3, -0.25) is 4.98 Å². The van der Waals surface area contributed by atoms with Crippen LogP contribution in [0.4, 0.5) is 20.2 Å². The van der Waals surface area contributed by atoms with Crippen molar-refractivity contribution < 1.29 is 28.9 Å². The second-order valence-corrected chi connectivity index (χ2v) is 10.9. The van der Waals surface area contributed by atoms with Gasteiger partial charge in [-0.25, -0.2) is 8.78 Å². The number of aromatic nitrogens is 2. The molecule has 0 amide bonds. The number of pyridine rings is 2. The summed E-state index contributed by atoms with van der Waals surface area (Å²) in [6.45, 7) is 8.45. The molecule has 0 saturated heterocycles. The number of benzene rings is 4. The molecule has 0 fully saturated rings. The van der Waals surface area contributed by atoms with Crippen molar-refractivity contribution in [3.8, 4) is 11.3 Å². The molecule has 6 rings (SSSR count). The summed E-state index contributed by atoms with van der Waals surface area (Å²) in [4.78, 5) is 9.21. The van der Waals surface area contributed by atoms with Gasteiger partial charge in [-0.1, -0.05) is 112 Å². The summed E-state index contributed by atoms with van der Waals surface area (Å²) in [5.74, 6) is -1.79. The van der Waals surface area contributed by atoms with Crippen molar-refractivity contribution in [2.45, 2.75) is 46.1 Å². The van der Waals surface area contributed by atoms with Crippen LogP contribution in [-0.4, -0.2) is 28.3 Å². The van der Waals surface area contributed by atoms with E-state index in [0.717, 1.165) is 17.4 Å². The number of hydrogen-bond acceptors (Lipinski definition) is 3. The minimum Gasteiger partial charge on any atom is -0.658 e. The topological polar surface area (TPSA) is 57.2 Å². The summed E-state index contributed by atoms with van der Waals surface area (Å²) in [6, 6.07) is 38.9. The van der Waals surface area contributed by atoms with Crippen LogP contribution in [-0.2, 0) is 20.1 Å². The Hall–Kier alpha value is -4.07. The number of nitrogens with zero attached hydrogens (tertiary/aromatic N) is 5. The Morgan fingerprint density at radius 3 is 1.64 bits per heavy atom. The van der Waals surface area contributed by atoms with Crippen molar-refractivity contribution in [2.75, 3.05) is 4.90 Å². The number of rotatable bonds is 8. The molecule has 0 radical (unpaired) electrons. The molecule has 0 aliphatic heterocycles. The molecule has 2 heterocycles. The molecule has 5 nitrogen and oxygen atoms in total. The molecule has 0 aliphatic carbocycles. The molecule has 6 aromatic rings. The Morgan fingerprint density at radius 2 is 1.18 bits per heavy atom. The van der Waals surface area contributed by atoms with Gasteiger partial charge in [-0.15, -0.1) is 18.2 Å². The van der Waals surface area contributed by atoms with E-state index >= 15 is 0 Å². The predicted octanol–water partition coefficient (Wildman–Crippen LogP) is 10.2. The van der Waals surface area contributed by atoms with Gasteiger partial charge in [-0.05, 0) is 57.6 Å². The second-order valence-electron chi connectivity index (χ2n) is 10.9. The van der Waals surface area contributed by atoms with Crippen LogP contribution in [0.2, 0.25) is 0 Å². The van der Waals surface area contributed by atoms with E-state index in [1.807, 2.05) is 0 Å². The largest absolute Gasteiger partial charge is 3.00 e. The fourth-order valence-electron chi connectivity index (χ4n) is 4.84. The van der Waals surface area contributed by atoms with Gasteiger partial charge >= 0.3 is 20.1 Å². The number of hydrogen-bond donors (Lipinski definition) is 0. The summed E-state index contributed by atoms with van der Waals surface area (Å²) in [5.41, 5.74) is 2.66. The quantitative estimate of drug-likeness (QED) is 0.114. The van der Waals surface area contributed by atoms with E-state index in [2.05, 4.69) is 134 Å². The Balaban J connectivity index is 0.000000258. The average Bonchev–Trinajstić information content (AvgIpc) is 3.01. The second kappa shape index (κ2) is 15.8. The van der Waals surface area contributed by atoms with E-state index in [1.54, 1.807) is 18.2 Å². The molecule has 0 bridgehead atoms. The van der Waals surface area contributed by atoms with Crippen LogP contribution in [0.25, 0.3) is 43.4 Å². The SMILES string of the molecule is CC(C)[N-]C([N-]C(C)C)N(c1ccc2ccccc2c1)c1ccc2ccccc2c1.Fc1c[c-]c(-c2ccccn2)c(F)n1.[Ir+3]. The van der Waals surface area contributed by atoms with E-state index in [1.165, 1.54) is 27.7 Å². The van der Waals surface area contributed by atoms with Gasteiger partial charge in [0, 0.05) is 17.6 Å². The average molecular weight is 779 g/mol. The third-order valence-corrected chi connectivity index (χ3v) is 6.78. The van der Waals surface area contributed by atoms with Crippen LogP contribution in [0.1, 0.15) is 27.7 Å². The predicted molar refractivity (Wildman–Crippen MR) is 177 cm³/mol. The fourth-order valence-corrected chi connectivity index (χ4v) is 4.84. The van der Waals surface area contributed by atoms with Gasteiger partial charge in [0.1, 0.15) is 11.9 Å². The zero-order valence-electron chi connectivity index (χ0n) is 25.5. The maximum Gasteiger partial charge on any atom is 3.00 e. The van der Waals surface area contributed by atoms with Crippen LogP contribution in [0.15, 0.2) is 115 Å². The Bertz CT molecular complexity index is 1740. The smallest absolute Gasteiger partial charge is 0.658 e. The van der Waals surface area contributed by atoms with E-state index in [9.17, 15) is 8.78 Å². The monoisotopic (exact) mass is 779 g/mol. The first-order valence-corrected chi connectivity index (χ1v) is 14.6. The van der Waals surface area contributed by atoms with Crippen molar-refractivity contribution in [1.82, 2.24) is 9.97 Å². The standard InChI is InChI=1S/C27H29N3.C10H5F2N2.Ir/c1-19(2)28-27(29-20(3)4)30(25-15-13-21-9-5-7-11-23(21)17-25)26-16-14-22-10-6-8-12-24(22)18-26;11-9-5-4-7(10(12)14-9)8-3-1-2-6-13-8;/h5-20,27H,1-4H3;1-3,5-6H;/q-2;-1;+3. The maximum atomic E-state index is 13.1. The van der Waals surface area contributed by atoms with E-state index in [-0.39, 0.29) is 44.0 Å². The molecule has 0 N–H and O–H groups in total. The summed E-state index contributed by atoms with van der Waals surface area (Å²) < 4.78 is 25.6. The van der Waals surface area contributed by atoms with E-state index in [0.29, 0.717) is 5.69 Å². The van der Waals surface area contributed by atoms with Gasteiger partial charge in [0.15, 0.2) is 0 Å². The Kier molecular flexibility index (Phi) is 11.9. The first-order valence-electron chi connectivity index (χ1n) is 14.6. The summed E-state index contributed by atoms with van der Waals surface area (Å²) in [6.07, 6.45) is 1.23. The van der Waals surface area contributed by atoms with E-state index < -0.39 is 11.9 Å². The van der Waals surface area contributed by atoms with Gasteiger partial charge in [0.25, 0.3) is 0 Å². The zero-order valence-corrected chi connectivity index (χ0v) is 27.9. The molecule has 4 aromatic carbocycles. The van der Waals surface area contributed by atoms with Gasteiger partial charge in [-0.2, -0.15) is 6.29 Å². The van der Waals surface area contributed by atoms with Crippen molar-refractivity contribution in [1.29, 1.82) is 0 Å². The van der Waals surface area contributed by atoms with Crippen molar-refractivity contribution >= 4 is 32.9 Å². The van der Waals surface area contributed by atoms with E-state index in [4.69, 9.17) is 10.6 Å². The Labute approximate surface area is 277 Å². The minimum absolute atomic E-state index is 0. The maximum absolute atomic E-state index is 13.1. The van der Waals surface area contributed by atoms with Crippen LogP contribution in [0, 0.1) is 18.0 Å². The van der Waals surface area contributed by atoms with Crippen LogP contribution in [0.5, 0.6) is 0 Å². The summed E-state index contributed by atoms with van der Waals surface area (Å²) in [5, 5.41) is 14.9. The molecule has 0 unspecified atom stereocenters. The molecule has 0 atom stereocenters. The molecule has 2 aromatic heterocycles. The molecule has 0 saturated carbocycles. The molecular formula is C37H34F2IrN5. The molecule has 0 spiro atoms. The third-order valence-electron chi connectivity index (χ3n) is 6.78.